The van der Waals surface area contributed by atoms with Gasteiger partial charge in [0.05, 0.1) is 5.25 Å². The molecule has 20 heavy (non-hydrogen) atoms. The zero-order chi connectivity index (χ0) is 14.2. The van der Waals surface area contributed by atoms with Gasteiger partial charge in [-0.2, -0.15) is 4.31 Å². The maximum Gasteiger partial charge on any atom is 0.217 e. The first-order chi connectivity index (χ1) is 9.57. The van der Waals surface area contributed by atoms with E-state index in [9.17, 15) is 8.42 Å². The first-order valence-corrected chi connectivity index (χ1v) is 8.74. The van der Waals surface area contributed by atoms with Crippen LogP contribution in [0.25, 0.3) is 0 Å². The van der Waals surface area contributed by atoms with Crippen molar-refractivity contribution in [1.82, 2.24) is 9.29 Å². The molecule has 2 aliphatic rings. The smallest absolute Gasteiger partial charge is 0.217 e. The van der Waals surface area contributed by atoms with Crippen molar-refractivity contribution < 1.29 is 8.42 Å². The number of nitrogens with zero attached hydrogens (tertiary/aromatic N) is 2. The average Bonchev–Trinajstić information content (AvgIpc) is 3.27. The predicted molar refractivity (Wildman–Crippen MR) is 79.1 cm³/mol. The van der Waals surface area contributed by atoms with Gasteiger partial charge < -0.3 is 5.32 Å². The lowest BCUT2D eigenvalue weighted by Gasteiger charge is -2.33. The van der Waals surface area contributed by atoms with E-state index in [0.29, 0.717) is 13.1 Å². The van der Waals surface area contributed by atoms with Crippen molar-refractivity contribution in [2.24, 2.45) is 0 Å². The van der Waals surface area contributed by atoms with Crippen LogP contribution in [0.1, 0.15) is 31.2 Å². The Kier molecular flexibility index (Phi) is 3.69. The lowest BCUT2D eigenvalue weighted by atomic mass is 10.1. The van der Waals surface area contributed by atoms with Crippen LogP contribution in [0.2, 0.25) is 0 Å². The minimum atomic E-state index is -3.04. The van der Waals surface area contributed by atoms with Gasteiger partial charge in [-0.3, -0.25) is 4.98 Å². The van der Waals surface area contributed by atoms with Crippen molar-refractivity contribution in [3.05, 3.63) is 24.0 Å². The summed E-state index contributed by atoms with van der Waals surface area (Å²) < 4.78 is 26.3. The molecule has 6 heteroatoms. The molecule has 1 aromatic heterocycles. The summed E-state index contributed by atoms with van der Waals surface area (Å²) in [6.07, 6.45) is 7.19. The highest BCUT2D eigenvalue weighted by Crippen LogP contribution is 2.32. The second-order valence-electron chi connectivity index (χ2n) is 5.78. The highest BCUT2D eigenvalue weighted by Gasteiger charge is 2.41. The van der Waals surface area contributed by atoms with E-state index >= 15 is 0 Å². The van der Waals surface area contributed by atoms with Gasteiger partial charge in [0, 0.05) is 37.2 Å². The van der Waals surface area contributed by atoms with Crippen LogP contribution in [0.5, 0.6) is 0 Å². The normalized spacial score (nSPS) is 24.6. The third kappa shape index (κ3) is 2.81. The fourth-order valence-corrected chi connectivity index (χ4v) is 4.65. The van der Waals surface area contributed by atoms with E-state index in [-0.39, 0.29) is 11.3 Å². The van der Waals surface area contributed by atoms with Crippen LogP contribution in [0.3, 0.4) is 0 Å². The summed E-state index contributed by atoms with van der Waals surface area (Å²) in [6.45, 7) is 3.27. The van der Waals surface area contributed by atoms with E-state index in [4.69, 9.17) is 0 Å². The highest BCUT2D eigenvalue weighted by atomic mass is 32.2. The monoisotopic (exact) mass is 295 g/mol. The summed E-state index contributed by atoms with van der Waals surface area (Å²) in [6, 6.07) is 2.14. The van der Waals surface area contributed by atoms with Crippen LogP contribution >= 0.6 is 0 Å². The fraction of sp³-hybridized carbons (Fsp3) is 0.643. The van der Waals surface area contributed by atoms with Crippen molar-refractivity contribution in [3.63, 3.8) is 0 Å². The molecule has 1 aliphatic carbocycles. The second kappa shape index (κ2) is 5.33. The summed E-state index contributed by atoms with van der Waals surface area (Å²) in [7, 11) is -3.04. The first kappa shape index (κ1) is 13.8. The van der Waals surface area contributed by atoms with Crippen LogP contribution in [0.4, 0.5) is 5.69 Å². The van der Waals surface area contributed by atoms with Gasteiger partial charge in [0.2, 0.25) is 10.0 Å². The third-order valence-corrected chi connectivity index (χ3v) is 6.43. The summed E-state index contributed by atoms with van der Waals surface area (Å²) in [4.78, 5) is 4.08. The number of aromatic nitrogens is 1. The molecule has 2 heterocycles. The van der Waals surface area contributed by atoms with Crippen molar-refractivity contribution in [1.29, 1.82) is 0 Å². The summed E-state index contributed by atoms with van der Waals surface area (Å²) >= 11 is 0. The minimum absolute atomic E-state index is 0.107. The summed E-state index contributed by atoms with van der Waals surface area (Å²) in [5.74, 6) is 0. The van der Waals surface area contributed by atoms with Gasteiger partial charge in [0.25, 0.3) is 0 Å². The SMILES string of the molecule is Cc1cnccc1N[C@@H]1CCCN(S(=O)(=O)C2CC2)C1. The number of nitrogens with one attached hydrogen (secondary N) is 1. The van der Waals surface area contributed by atoms with Gasteiger partial charge in [0.1, 0.15) is 0 Å². The topological polar surface area (TPSA) is 62.3 Å². The quantitative estimate of drug-likeness (QED) is 0.919. The molecule has 0 spiro atoms. The maximum absolute atomic E-state index is 12.3. The number of pyridine rings is 1. The average molecular weight is 295 g/mol. The molecule has 0 aromatic carbocycles. The number of piperidine rings is 1. The largest absolute Gasteiger partial charge is 0.381 e. The van der Waals surface area contributed by atoms with E-state index in [0.717, 1.165) is 36.9 Å². The molecule has 1 atom stereocenters. The molecule has 5 nitrogen and oxygen atoms in total. The van der Waals surface area contributed by atoms with Crippen molar-refractivity contribution in [2.75, 3.05) is 18.4 Å². The number of aryl methyl sites for hydroxylation is 1. The van der Waals surface area contributed by atoms with Crippen LogP contribution in [0, 0.1) is 6.92 Å². The molecule has 1 N–H and O–H groups in total. The number of hydrogen-bond donors (Lipinski definition) is 1. The van der Waals surface area contributed by atoms with Crippen molar-refractivity contribution in [2.45, 2.75) is 43.9 Å². The molecule has 0 radical (unpaired) electrons. The number of sulfonamides is 1. The maximum atomic E-state index is 12.3. The van der Waals surface area contributed by atoms with Crippen LogP contribution in [-0.4, -0.2) is 42.1 Å². The minimum Gasteiger partial charge on any atom is -0.381 e. The highest BCUT2D eigenvalue weighted by molar-refractivity contribution is 7.90. The predicted octanol–water partition coefficient (Wildman–Crippen LogP) is 1.76. The molecule has 1 saturated carbocycles. The molecule has 1 aromatic rings. The Bertz CT molecular complexity index is 584. The van der Waals surface area contributed by atoms with E-state index in [1.807, 2.05) is 19.2 Å². The number of hydrogen-bond acceptors (Lipinski definition) is 4. The Morgan fingerprint density at radius 3 is 2.85 bits per heavy atom. The lowest BCUT2D eigenvalue weighted by Crippen LogP contribution is -2.46. The Hall–Kier alpha value is -1.14. The zero-order valence-corrected chi connectivity index (χ0v) is 12.6. The van der Waals surface area contributed by atoms with E-state index < -0.39 is 10.0 Å². The van der Waals surface area contributed by atoms with E-state index in [1.54, 1.807) is 10.5 Å². The zero-order valence-electron chi connectivity index (χ0n) is 11.7. The number of rotatable bonds is 4. The molecule has 0 amide bonds. The molecule has 2 fully saturated rings. The van der Waals surface area contributed by atoms with Crippen LogP contribution in [0.15, 0.2) is 18.5 Å². The molecule has 0 bridgehead atoms. The van der Waals surface area contributed by atoms with Gasteiger partial charge in [0.15, 0.2) is 0 Å². The Morgan fingerprint density at radius 2 is 2.15 bits per heavy atom. The van der Waals surface area contributed by atoms with E-state index in [2.05, 4.69) is 10.3 Å². The second-order valence-corrected chi connectivity index (χ2v) is 7.99. The first-order valence-electron chi connectivity index (χ1n) is 7.23. The number of anilines is 1. The lowest BCUT2D eigenvalue weighted by molar-refractivity contribution is 0.326. The Morgan fingerprint density at radius 1 is 1.35 bits per heavy atom. The molecule has 1 aliphatic heterocycles. The van der Waals surface area contributed by atoms with Gasteiger partial charge in [-0.15, -0.1) is 0 Å². The van der Waals surface area contributed by atoms with Gasteiger partial charge >= 0.3 is 0 Å². The van der Waals surface area contributed by atoms with E-state index in [1.165, 1.54) is 0 Å². The molecular formula is C14H21N3O2S. The molecule has 3 rings (SSSR count). The third-order valence-electron chi connectivity index (χ3n) is 4.07. The van der Waals surface area contributed by atoms with Gasteiger partial charge in [-0.05, 0) is 44.2 Å². The molecule has 0 unspecified atom stereocenters. The van der Waals surface area contributed by atoms with Crippen molar-refractivity contribution >= 4 is 15.7 Å². The fourth-order valence-electron chi connectivity index (χ4n) is 2.72. The summed E-state index contributed by atoms with van der Waals surface area (Å²) in [5.41, 5.74) is 2.14. The van der Waals surface area contributed by atoms with Crippen LogP contribution < -0.4 is 5.32 Å². The summed E-state index contributed by atoms with van der Waals surface area (Å²) in [5, 5.41) is 3.36. The Labute approximate surface area is 120 Å². The molecule has 110 valence electrons. The standard InChI is InChI=1S/C14H21N3O2S/c1-11-9-15-7-6-14(11)16-12-3-2-8-17(10-12)20(18,19)13-4-5-13/h6-7,9,12-13H,2-5,8,10H2,1H3,(H,15,16)/t12-/m1/s1. The Balaban J connectivity index is 1.68. The van der Waals surface area contributed by atoms with Crippen molar-refractivity contribution in [3.8, 4) is 0 Å². The molecule has 1 saturated heterocycles. The van der Waals surface area contributed by atoms with Gasteiger partial charge in [-0.25, -0.2) is 8.42 Å². The molecular weight excluding hydrogens is 274 g/mol. The van der Waals surface area contributed by atoms with Crippen LogP contribution in [-0.2, 0) is 10.0 Å². The van der Waals surface area contributed by atoms with Gasteiger partial charge in [-0.1, -0.05) is 0 Å².